The number of piperidine rings is 1. The number of nitrogens with zero attached hydrogens (tertiary/aromatic N) is 1. The van der Waals surface area contributed by atoms with E-state index < -0.39 is 0 Å². The number of methoxy groups -OCH3 is 1. The molecule has 0 aromatic heterocycles. The highest BCUT2D eigenvalue weighted by molar-refractivity contribution is 5.94. The smallest absolute Gasteiger partial charge is 0.253 e. The van der Waals surface area contributed by atoms with Crippen LogP contribution in [-0.2, 0) is 0 Å². The number of hydrogen-bond acceptors (Lipinski definition) is 2. The molecule has 0 N–H and O–H groups in total. The molecular weight excluding hydrogens is 389 g/mol. The normalized spacial score (nSPS) is 22.4. The van der Waals surface area contributed by atoms with Gasteiger partial charge in [-0.25, -0.2) is 4.39 Å². The monoisotopic (exact) mass is 423 g/mol. The van der Waals surface area contributed by atoms with Crippen LogP contribution in [0, 0.1) is 11.7 Å². The van der Waals surface area contributed by atoms with Crippen LogP contribution in [-0.4, -0.2) is 31.0 Å². The molecule has 0 spiro atoms. The van der Waals surface area contributed by atoms with Crippen molar-refractivity contribution in [3.8, 4) is 5.75 Å². The number of rotatable bonds is 6. The Morgan fingerprint density at radius 1 is 1.10 bits per heavy atom. The first-order chi connectivity index (χ1) is 15.0. The van der Waals surface area contributed by atoms with Crippen LogP contribution in [0.1, 0.15) is 85.2 Å². The number of amides is 1. The summed E-state index contributed by atoms with van der Waals surface area (Å²) in [4.78, 5) is 14.7. The van der Waals surface area contributed by atoms with Gasteiger partial charge in [0, 0.05) is 18.7 Å². The van der Waals surface area contributed by atoms with Crippen LogP contribution in [0.3, 0.4) is 0 Å². The van der Waals surface area contributed by atoms with Crippen molar-refractivity contribution in [3.05, 3.63) is 65.0 Å². The van der Waals surface area contributed by atoms with Gasteiger partial charge < -0.3 is 9.64 Å². The molecule has 4 rings (SSSR count). The number of carbonyl (C=O) groups excluding carboxylic acids is 1. The van der Waals surface area contributed by atoms with Gasteiger partial charge >= 0.3 is 0 Å². The maximum atomic E-state index is 13.7. The first-order valence-electron chi connectivity index (χ1n) is 11.8. The van der Waals surface area contributed by atoms with E-state index in [2.05, 4.69) is 19.1 Å². The Bertz CT molecular complexity index is 889. The molecule has 1 heterocycles. The maximum absolute atomic E-state index is 13.7. The van der Waals surface area contributed by atoms with E-state index in [-0.39, 0.29) is 11.7 Å². The minimum Gasteiger partial charge on any atom is -0.494 e. The summed E-state index contributed by atoms with van der Waals surface area (Å²) in [5.74, 6) is 1.82. The van der Waals surface area contributed by atoms with Gasteiger partial charge in [-0.15, -0.1) is 0 Å². The van der Waals surface area contributed by atoms with Gasteiger partial charge in [0.15, 0.2) is 11.6 Å². The molecule has 1 aliphatic heterocycles. The van der Waals surface area contributed by atoms with Crippen molar-refractivity contribution >= 4 is 5.91 Å². The second-order valence-electron chi connectivity index (χ2n) is 9.38. The molecule has 2 aliphatic rings. The molecule has 1 amide bonds. The summed E-state index contributed by atoms with van der Waals surface area (Å²) in [6, 6.07) is 13.6. The van der Waals surface area contributed by atoms with Gasteiger partial charge in [-0.2, -0.15) is 0 Å². The van der Waals surface area contributed by atoms with E-state index in [1.54, 1.807) is 0 Å². The molecule has 166 valence electrons. The van der Waals surface area contributed by atoms with E-state index in [9.17, 15) is 9.18 Å². The third kappa shape index (κ3) is 5.11. The molecular formula is C27H34FNO2. The number of carbonyl (C=O) groups is 1. The van der Waals surface area contributed by atoms with Crippen molar-refractivity contribution in [3.63, 3.8) is 0 Å². The number of hydrogen-bond donors (Lipinski definition) is 0. The zero-order valence-corrected chi connectivity index (χ0v) is 18.8. The van der Waals surface area contributed by atoms with Gasteiger partial charge in [-0.3, -0.25) is 4.79 Å². The molecule has 0 radical (unpaired) electrons. The third-order valence-electron chi connectivity index (χ3n) is 7.24. The van der Waals surface area contributed by atoms with Gasteiger partial charge in [0.2, 0.25) is 0 Å². The molecule has 2 fully saturated rings. The Balaban J connectivity index is 1.33. The van der Waals surface area contributed by atoms with Gasteiger partial charge in [0.05, 0.1) is 7.11 Å². The number of likely N-dealkylation sites (tertiary alicyclic amines) is 1. The van der Waals surface area contributed by atoms with Crippen LogP contribution in [0.4, 0.5) is 4.39 Å². The Morgan fingerprint density at radius 3 is 2.55 bits per heavy atom. The van der Waals surface area contributed by atoms with Crippen molar-refractivity contribution in [2.24, 2.45) is 5.92 Å². The van der Waals surface area contributed by atoms with E-state index in [0.29, 0.717) is 23.5 Å². The standard InChI is InChI=1S/C27H34FNO2/c1-19(23-12-13-25(28)26(18-23)31-2)16-20-6-7-24(17-20)21-8-10-22(11-9-21)27(30)29-14-4-3-5-15-29/h8-13,18-20,24H,3-7,14-17H2,1-2H3/t19-,20+,24+/m0/s1. The summed E-state index contributed by atoms with van der Waals surface area (Å²) >= 11 is 0. The summed E-state index contributed by atoms with van der Waals surface area (Å²) in [5, 5.41) is 0. The van der Waals surface area contributed by atoms with Crippen LogP contribution in [0.2, 0.25) is 0 Å². The molecule has 2 aromatic rings. The topological polar surface area (TPSA) is 29.5 Å². The molecule has 1 saturated carbocycles. The number of benzene rings is 2. The first kappa shape index (κ1) is 21.9. The van der Waals surface area contributed by atoms with Crippen LogP contribution in [0.15, 0.2) is 42.5 Å². The summed E-state index contributed by atoms with van der Waals surface area (Å²) < 4.78 is 18.9. The lowest BCUT2D eigenvalue weighted by atomic mass is 9.88. The van der Waals surface area contributed by atoms with E-state index in [1.165, 1.54) is 44.4 Å². The Kier molecular flexibility index (Phi) is 6.94. The molecule has 0 bridgehead atoms. The largest absolute Gasteiger partial charge is 0.494 e. The highest BCUT2D eigenvalue weighted by Crippen LogP contribution is 2.42. The van der Waals surface area contributed by atoms with Crippen molar-refractivity contribution in [2.45, 2.75) is 63.7 Å². The zero-order valence-electron chi connectivity index (χ0n) is 18.8. The van der Waals surface area contributed by atoms with E-state index in [1.807, 2.05) is 29.2 Å². The predicted molar refractivity (Wildman–Crippen MR) is 122 cm³/mol. The lowest BCUT2D eigenvalue weighted by Gasteiger charge is -2.26. The van der Waals surface area contributed by atoms with E-state index >= 15 is 0 Å². The van der Waals surface area contributed by atoms with E-state index in [4.69, 9.17) is 4.74 Å². The average molecular weight is 424 g/mol. The van der Waals surface area contributed by atoms with Crippen LogP contribution < -0.4 is 4.74 Å². The summed E-state index contributed by atoms with van der Waals surface area (Å²) in [6.07, 6.45) is 8.19. The fraction of sp³-hybridized carbons (Fsp3) is 0.519. The summed E-state index contributed by atoms with van der Waals surface area (Å²) in [5.41, 5.74) is 3.31. The van der Waals surface area contributed by atoms with Crippen molar-refractivity contribution in [1.82, 2.24) is 4.90 Å². The number of halogens is 1. The number of ether oxygens (including phenoxy) is 1. The second-order valence-corrected chi connectivity index (χ2v) is 9.38. The van der Waals surface area contributed by atoms with Crippen LogP contribution >= 0.6 is 0 Å². The molecule has 3 atom stereocenters. The Labute approximate surface area is 185 Å². The predicted octanol–water partition coefficient (Wildman–Crippen LogP) is 6.54. The molecule has 4 heteroatoms. The lowest BCUT2D eigenvalue weighted by molar-refractivity contribution is 0.0724. The minimum atomic E-state index is -0.304. The van der Waals surface area contributed by atoms with Crippen molar-refractivity contribution in [1.29, 1.82) is 0 Å². The first-order valence-corrected chi connectivity index (χ1v) is 11.8. The molecule has 3 nitrogen and oxygen atoms in total. The van der Waals surface area contributed by atoms with Crippen LogP contribution in [0.25, 0.3) is 0 Å². The zero-order chi connectivity index (χ0) is 21.8. The molecule has 2 aromatic carbocycles. The summed E-state index contributed by atoms with van der Waals surface area (Å²) in [6.45, 7) is 4.01. The van der Waals surface area contributed by atoms with Crippen molar-refractivity contribution in [2.75, 3.05) is 20.2 Å². The quantitative estimate of drug-likeness (QED) is 0.528. The fourth-order valence-corrected chi connectivity index (χ4v) is 5.39. The SMILES string of the molecule is COc1cc([C@@H](C)C[C@H]2CC[C@@H](c3ccc(C(=O)N4CCCCC4)cc3)C2)ccc1F. The Morgan fingerprint density at radius 2 is 1.84 bits per heavy atom. The highest BCUT2D eigenvalue weighted by Gasteiger charge is 2.28. The van der Waals surface area contributed by atoms with Gasteiger partial charge in [0.1, 0.15) is 0 Å². The molecule has 0 unspecified atom stereocenters. The lowest BCUT2D eigenvalue weighted by Crippen LogP contribution is -2.35. The van der Waals surface area contributed by atoms with Gasteiger partial charge in [0.25, 0.3) is 5.91 Å². The fourth-order valence-electron chi connectivity index (χ4n) is 5.39. The minimum absolute atomic E-state index is 0.180. The molecule has 31 heavy (non-hydrogen) atoms. The van der Waals surface area contributed by atoms with Crippen LogP contribution in [0.5, 0.6) is 5.75 Å². The van der Waals surface area contributed by atoms with Gasteiger partial charge in [-0.1, -0.05) is 25.1 Å². The Hall–Kier alpha value is -2.36. The van der Waals surface area contributed by atoms with Crippen molar-refractivity contribution < 1.29 is 13.9 Å². The van der Waals surface area contributed by atoms with Gasteiger partial charge in [-0.05, 0) is 98.1 Å². The van der Waals surface area contributed by atoms with E-state index in [0.717, 1.165) is 43.5 Å². The second kappa shape index (κ2) is 9.84. The summed E-state index contributed by atoms with van der Waals surface area (Å²) in [7, 11) is 1.51. The third-order valence-corrected chi connectivity index (χ3v) is 7.24. The maximum Gasteiger partial charge on any atom is 0.253 e. The highest BCUT2D eigenvalue weighted by atomic mass is 19.1. The average Bonchev–Trinajstić information content (AvgIpc) is 3.28. The molecule has 1 saturated heterocycles. The molecule has 1 aliphatic carbocycles.